The van der Waals surface area contributed by atoms with Gasteiger partial charge < -0.3 is 9.47 Å². The van der Waals surface area contributed by atoms with Crippen LogP contribution in [0.3, 0.4) is 0 Å². The van der Waals surface area contributed by atoms with Crippen LogP contribution < -0.4 is 0 Å². The molecule has 1 fully saturated rings. The molecule has 4 heteroatoms. The van der Waals surface area contributed by atoms with E-state index in [-0.39, 0.29) is 23.8 Å². The van der Waals surface area contributed by atoms with Gasteiger partial charge in [-0.2, -0.15) is 0 Å². The van der Waals surface area contributed by atoms with E-state index in [9.17, 15) is 9.59 Å². The van der Waals surface area contributed by atoms with Crippen molar-refractivity contribution in [2.45, 2.75) is 136 Å². The molecule has 0 radical (unpaired) electrons. The van der Waals surface area contributed by atoms with Crippen molar-refractivity contribution in [3.8, 4) is 0 Å². The zero-order chi connectivity index (χ0) is 23.4. The lowest BCUT2D eigenvalue weighted by Crippen LogP contribution is -2.30. The lowest BCUT2D eigenvalue weighted by atomic mass is 9.81. The Balaban J connectivity index is 2.03. The van der Waals surface area contributed by atoms with Gasteiger partial charge in [0.25, 0.3) is 0 Å². The fourth-order valence-corrected chi connectivity index (χ4v) is 4.62. The molecule has 0 saturated heterocycles. The molecular formula is C28H52O4. The molecule has 4 nitrogen and oxygen atoms in total. The molecule has 0 N–H and O–H groups in total. The van der Waals surface area contributed by atoms with Gasteiger partial charge in [0.15, 0.2) is 0 Å². The van der Waals surface area contributed by atoms with Gasteiger partial charge in [0.2, 0.25) is 0 Å². The topological polar surface area (TPSA) is 52.6 Å². The summed E-state index contributed by atoms with van der Waals surface area (Å²) in [6.45, 7) is 7.83. The molecular weight excluding hydrogens is 400 g/mol. The fraction of sp³-hybridized carbons (Fsp3) is 0.929. The number of unbranched alkanes of at least 4 members (excludes halogenated alkanes) is 11. The van der Waals surface area contributed by atoms with Gasteiger partial charge >= 0.3 is 11.9 Å². The molecule has 0 aromatic rings. The lowest BCUT2D eigenvalue weighted by molar-refractivity contribution is -0.155. The Morgan fingerprint density at radius 3 is 1.59 bits per heavy atom. The standard InChI is InChI=1S/C28H52O4/c1-4-5-6-12-15-21-31-27(29)25-19-17-20-26(23-25)28(30)32-22-16-13-10-8-7-9-11-14-18-24(2)3/h24-26H,4-23H2,1-3H3. The summed E-state index contributed by atoms with van der Waals surface area (Å²) in [6, 6.07) is 0. The predicted molar refractivity (Wildman–Crippen MR) is 133 cm³/mol. The molecule has 0 aliphatic heterocycles. The average Bonchev–Trinajstić information content (AvgIpc) is 2.79. The molecule has 0 amide bonds. The van der Waals surface area contributed by atoms with Crippen molar-refractivity contribution < 1.29 is 19.1 Å². The first-order valence-corrected chi connectivity index (χ1v) is 13.9. The van der Waals surface area contributed by atoms with E-state index in [4.69, 9.17) is 9.47 Å². The first-order chi connectivity index (χ1) is 15.5. The van der Waals surface area contributed by atoms with Crippen LogP contribution in [-0.2, 0) is 19.1 Å². The van der Waals surface area contributed by atoms with Gasteiger partial charge in [0, 0.05) is 0 Å². The normalized spacial score (nSPS) is 18.6. The Morgan fingerprint density at radius 1 is 0.688 bits per heavy atom. The van der Waals surface area contributed by atoms with E-state index in [1.54, 1.807) is 0 Å². The largest absolute Gasteiger partial charge is 0.465 e. The number of carbonyl (C=O) groups excluding carboxylic acids is 2. The summed E-state index contributed by atoms with van der Waals surface area (Å²) in [4.78, 5) is 24.8. The third-order valence-corrected chi connectivity index (χ3v) is 6.75. The third kappa shape index (κ3) is 14.9. The first-order valence-electron chi connectivity index (χ1n) is 13.9. The minimum Gasteiger partial charge on any atom is -0.465 e. The highest BCUT2D eigenvalue weighted by molar-refractivity contribution is 5.76. The first kappa shape index (κ1) is 29.0. The zero-order valence-electron chi connectivity index (χ0n) is 21.5. The maximum Gasteiger partial charge on any atom is 0.308 e. The number of hydrogen-bond donors (Lipinski definition) is 0. The highest BCUT2D eigenvalue weighted by Crippen LogP contribution is 2.31. The number of rotatable bonds is 19. The van der Waals surface area contributed by atoms with Crippen LogP contribution in [0.5, 0.6) is 0 Å². The Morgan fingerprint density at radius 2 is 1.12 bits per heavy atom. The summed E-state index contributed by atoms with van der Waals surface area (Å²) in [5.74, 6) is 0.361. The van der Waals surface area contributed by atoms with Gasteiger partial charge in [0.05, 0.1) is 25.0 Å². The maximum absolute atomic E-state index is 12.4. The number of ether oxygens (including phenoxy) is 2. The van der Waals surface area contributed by atoms with Crippen LogP contribution >= 0.6 is 0 Å². The van der Waals surface area contributed by atoms with E-state index in [1.165, 1.54) is 64.2 Å². The summed E-state index contributed by atoms with van der Waals surface area (Å²) >= 11 is 0. The summed E-state index contributed by atoms with van der Waals surface area (Å²) in [6.07, 6.45) is 20.3. The van der Waals surface area contributed by atoms with E-state index >= 15 is 0 Å². The summed E-state index contributed by atoms with van der Waals surface area (Å²) < 4.78 is 11.0. The minimum absolute atomic E-state index is 0.104. The lowest BCUT2D eigenvalue weighted by Gasteiger charge is -2.26. The van der Waals surface area contributed by atoms with Crippen molar-refractivity contribution in [1.29, 1.82) is 0 Å². The van der Waals surface area contributed by atoms with Gasteiger partial charge in [-0.1, -0.05) is 104 Å². The fourth-order valence-electron chi connectivity index (χ4n) is 4.62. The number of esters is 2. The van der Waals surface area contributed by atoms with Gasteiger partial charge in [0.1, 0.15) is 0 Å². The smallest absolute Gasteiger partial charge is 0.308 e. The molecule has 1 aliphatic carbocycles. The molecule has 0 bridgehead atoms. The molecule has 1 aliphatic rings. The van der Waals surface area contributed by atoms with Gasteiger partial charge in [-0.25, -0.2) is 0 Å². The zero-order valence-corrected chi connectivity index (χ0v) is 21.5. The summed E-state index contributed by atoms with van der Waals surface area (Å²) in [5.41, 5.74) is 0. The molecule has 2 unspecified atom stereocenters. The van der Waals surface area contributed by atoms with E-state index in [1.807, 2.05) is 0 Å². The van der Waals surface area contributed by atoms with Gasteiger partial charge in [-0.05, 0) is 38.0 Å². The Kier molecular flexibility index (Phi) is 17.6. The third-order valence-electron chi connectivity index (χ3n) is 6.75. The van der Waals surface area contributed by atoms with E-state index in [0.29, 0.717) is 19.6 Å². The Labute approximate surface area is 198 Å². The summed E-state index contributed by atoms with van der Waals surface area (Å²) in [5, 5.41) is 0. The SMILES string of the molecule is CCCCCCCOC(=O)C1CCCC(C(=O)OCCCCCCCCCCC(C)C)C1. The van der Waals surface area contributed by atoms with Crippen LogP contribution in [0.1, 0.15) is 136 Å². The molecule has 188 valence electrons. The monoisotopic (exact) mass is 452 g/mol. The number of carbonyl (C=O) groups is 2. The second-order valence-corrected chi connectivity index (χ2v) is 10.3. The second-order valence-electron chi connectivity index (χ2n) is 10.3. The van der Waals surface area contributed by atoms with Crippen LogP contribution in [-0.4, -0.2) is 25.2 Å². The predicted octanol–water partition coefficient (Wildman–Crippen LogP) is 8.02. The average molecular weight is 453 g/mol. The molecule has 1 saturated carbocycles. The molecule has 1 rings (SSSR count). The van der Waals surface area contributed by atoms with Crippen molar-refractivity contribution in [3.05, 3.63) is 0 Å². The van der Waals surface area contributed by atoms with E-state index in [0.717, 1.165) is 50.9 Å². The van der Waals surface area contributed by atoms with E-state index < -0.39 is 0 Å². The van der Waals surface area contributed by atoms with Crippen molar-refractivity contribution >= 4 is 11.9 Å². The van der Waals surface area contributed by atoms with Crippen molar-refractivity contribution in [3.63, 3.8) is 0 Å². The van der Waals surface area contributed by atoms with Crippen molar-refractivity contribution in [2.24, 2.45) is 17.8 Å². The van der Waals surface area contributed by atoms with Crippen LogP contribution in [0.15, 0.2) is 0 Å². The van der Waals surface area contributed by atoms with Crippen LogP contribution in [0, 0.1) is 17.8 Å². The second kappa shape index (κ2) is 19.4. The molecule has 0 spiro atoms. The molecule has 2 atom stereocenters. The van der Waals surface area contributed by atoms with Crippen molar-refractivity contribution in [1.82, 2.24) is 0 Å². The van der Waals surface area contributed by atoms with Gasteiger partial charge in [-0.3, -0.25) is 9.59 Å². The van der Waals surface area contributed by atoms with Crippen LogP contribution in [0.2, 0.25) is 0 Å². The van der Waals surface area contributed by atoms with Crippen LogP contribution in [0.25, 0.3) is 0 Å². The quantitative estimate of drug-likeness (QED) is 0.147. The Bertz CT molecular complexity index is 474. The summed E-state index contributed by atoms with van der Waals surface area (Å²) in [7, 11) is 0. The molecule has 0 heterocycles. The van der Waals surface area contributed by atoms with E-state index in [2.05, 4.69) is 20.8 Å². The van der Waals surface area contributed by atoms with Crippen molar-refractivity contribution in [2.75, 3.05) is 13.2 Å². The molecule has 32 heavy (non-hydrogen) atoms. The minimum atomic E-state index is -0.128. The molecule has 0 aromatic carbocycles. The Hall–Kier alpha value is -1.06. The van der Waals surface area contributed by atoms with Crippen LogP contribution in [0.4, 0.5) is 0 Å². The number of hydrogen-bond acceptors (Lipinski definition) is 4. The highest BCUT2D eigenvalue weighted by Gasteiger charge is 2.32. The molecule has 0 aromatic heterocycles. The highest BCUT2D eigenvalue weighted by atomic mass is 16.5. The maximum atomic E-state index is 12.4. The van der Waals surface area contributed by atoms with Gasteiger partial charge in [-0.15, -0.1) is 0 Å².